The van der Waals surface area contributed by atoms with Crippen LogP contribution < -0.4 is 4.90 Å². The van der Waals surface area contributed by atoms with E-state index in [0.717, 1.165) is 37.7 Å². The lowest BCUT2D eigenvalue weighted by atomic mass is 10.1. The Balaban J connectivity index is 0.00000192. The number of aryl methyl sites for hydroxylation is 1. The summed E-state index contributed by atoms with van der Waals surface area (Å²) in [5.74, 6) is 1.13. The third-order valence-electron chi connectivity index (χ3n) is 3.98. The highest BCUT2D eigenvalue weighted by molar-refractivity contribution is 6.30. The maximum Gasteiger partial charge on any atom is 0.227 e. The predicted octanol–water partition coefficient (Wildman–Crippen LogP) is 2.39. The molecule has 0 bridgehead atoms. The Morgan fingerprint density at radius 2 is 1.83 bits per heavy atom. The maximum absolute atomic E-state index is 12.4. The highest BCUT2D eigenvalue weighted by atomic mass is 35.5. The summed E-state index contributed by atoms with van der Waals surface area (Å²) < 4.78 is 2.01. The Morgan fingerprint density at radius 3 is 2.39 bits per heavy atom. The summed E-state index contributed by atoms with van der Waals surface area (Å²) in [6.45, 7) is 3.10. The van der Waals surface area contributed by atoms with Gasteiger partial charge < -0.3 is 14.4 Å². The Hall–Kier alpha value is -1.72. The molecule has 0 radical (unpaired) electrons. The molecule has 7 heteroatoms. The van der Waals surface area contributed by atoms with Crippen molar-refractivity contribution in [2.75, 3.05) is 31.1 Å². The fourth-order valence-electron chi connectivity index (χ4n) is 2.71. The van der Waals surface area contributed by atoms with E-state index in [1.807, 2.05) is 47.0 Å². The quantitative estimate of drug-likeness (QED) is 0.849. The normalized spacial score (nSPS) is 14.5. The Bertz CT molecular complexity index is 648. The second-order valence-electron chi connectivity index (χ2n) is 5.51. The van der Waals surface area contributed by atoms with Crippen molar-refractivity contribution >= 4 is 35.9 Å². The van der Waals surface area contributed by atoms with Crippen molar-refractivity contribution in [3.05, 3.63) is 47.2 Å². The first kappa shape index (κ1) is 17.6. The first-order chi connectivity index (χ1) is 10.6. The highest BCUT2D eigenvalue weighted by Gasteiger charge is 2.22. The van der Waals surface area contributed by atoms with Crippen molar-refractivity contribution in [2.24, 2.45) is 7.05 Å². The molecule has 1 fully saturated rings. The van der Waals surface area contributed by atoms with Crippen LogP contribution in [0, 0.1) is 0 Å². The summed E-state index contributed by atoms with van der Waals surface area (Å²) in [6, 6.07) is 7.46. The molecule has 1 aromatic heterocycles. The molecular weight excluding hydrogens is 335 g/mol. The lowest BCUT2D eigenvalue weighted by Crippen LogP contribution is -2.49. The molecule has 0 atom stereocenters. The number of nitrogens with zero attached hydrogens (tertiary/aromatic N) is 4. The topological polar surface area (TPSA) is 41.4 Å². The average Bonchev–Trinajstić information content (AvgIpc) is 2.96. The second kappa shape index (κ2) is 7.70. The molecule has 124 valence electrons. The van der Waals surface area contributed by atoms with E-state index < -0.39 is 0 Å². The van der Waals surface area contributed by atoms with Crippen LogP contribution in [0.25, 0.3) is 0 Å². The standard InChI is InChI=1S/C16H19ClN4O.ClH/c1-19-7-6-18-16(19)21-10-8-20(9-11-21)15(22)12-13-2-4-14(17)5-3-13;/h2-7H,8-12H2,1H3;1H. The van der Waals surface area contributed by atoms with E-state index in [1.165, 1.54) is 0 Å². The van der Waals surface area contributed by atoms with Crippen LogP contribution in [0.3, 0.4) is 0 Å². The first-order valence-corrected chi connectivity index (χ1v) is 7.76. The van der Waals surface area contributed by atoms with Crippen molar-refractivity contribution in [3.63, 3.8) is 0 Å². The lowest BCUT2D eigenvalue weighted by Gasteiger charge is -2.35. The Morgan fingerprint density at radius 1 is 1.17 bits per heavy atom. The van der Waals surface area contributed by atoms with E-state index >= 15 is 0 Å². The summed E-state index contributed by atoms with van der Waals surface area (Å²) >= 11 is 5.87. The zero-order valence-electron chi connectivity index (χ0n) is 13.0. The van der Waals surface area contributed by atoms with E-state index in [1.54, 1.807) is 6.20 Å². The van der Waals surface area contributed by atoms with E-state index in [4.69, 9.17) is 11.6 Å². The fraction of sp³-hybridized carbons (Fsp3) is 0.375. The van der Waals surface area contributed by atoms with Gasteiger partial charge in [-0.25, -0.2) is 4.98 Å². The van der Waals surface area contributed by atoms with Gasteiger partial charge in [0, 0.05) is 50.6 Å². The summed E-state index contributed by atoms with van der Waals surface area (Å²) in [4.78, 5) is 20.9. The van der Waals surface area contributed by atoms with E-state index in [2.05, 4.69) is 9.88 Å². The first-order valence-electron chi connectivity index (χ1n) is 7.38. The molecule has 2 aromatic rings. The van der Waals surface area contributed by atoms with E-state index in [-0.39, 0.29) is 18.3 Å². The molecule has 1 aromatic carbocycles. The van der Waals surface area contributed by atoms with Gasteiger partial charge in [-0.2, -0.15) is 0 Å². The maximum atomic E-state index is 12.4. The Labute approximate surface area is 147 Å². The predicted molar refractivity (Wildman–Crippen MR) is 94.4 cm³/mol. The molecule has 0 aliphatic carbocycles. The van der Waals surface area contributed by atoms with Gasteiger partial charge in [-0.3, -0.25) is 4.79 Å². The monoisotopic (exact) mass is 354 g/mol. The van der Waals surface area contributed by atoms with Crippen LogP contribution in [-0.2, 0) is 18.3 Å². The Kier molecular flexibility index (Phi) is 5.91. The van der Waals surface area contributed by atoms with Crippen LogP contribution >= 0.6 is 24.0 Å². The van der Waals surface area contributed by atoms with Crippen LogP contribution in [0.5, 0.6) is 0 Å². The molecule has 2 heterocycles. The number of amides is 1. The minimum absolute atomic E-state index is 0. The van der Waals surface area contributed by atoms with Gasteiger partial charge in [0.1, 0.15) is 0 Å². The van der Waals surface area contributed by atoms with Crippen LogP contribution in [0.2, 0.25) is 5.02 Å². The number of aromatic nitrogens is 2. The van der Waals surface area contributed by atoms with Gasteiger partial charge in [0.05, 0.1) is 6.42 Å². The lowest BCUT2D eigenvalue weighted by molar-refractivity contribution is -0.130. The number of hydrogen-bond acceptors (Lipinski definition) is 3. The van der Waals surface area contributed by atoms with Crippen molar-refractivity contribution in [2.45, 2.75) is 6.42 Å². The number of piperazine rings is 1. The summed E-state index contributed by atoms with van der Waals surface area (Å²) in [6.07, 6.45) is 4.17. The van der Waals surface area contributed by atoms with Crippen LogP contribution in [0.4, 0.5) is 5.95 Å². The van der Waals surface area contributed by atoms with Gasteiger partial charge >= 0.3 is 0 Å². The number of carbonyl (C=O) groups is 1. The number of imidazole rings is 1. The number of benzene rings is 1. The number of carbonyl (C=O) groups excluding carboxylic acids is 1. The van der Waals surface area contributed by atoms with Crippen LogP contribution in [0.1, 0.15) is 5.56 Å². The van der Waals surface area contributed by atoms with Gasteiger partial charge in [0.15, 0.2) is 0 Å². The zero-order valence-corrected chi connectivity index (χ0v) is 14.6. The van der Waals surface area contributed by atoms with Crippen molar-refractivity contribution in [1.82, 2.24) is 14.5 Å². The van der Waals surface area contributed by atoms with Gasteiger partial charge in [-0.1, -0.05) is 23.7 Å². The molecule has 1 aliphatic rings. The summed E-state index contributed by atoms with van der Waals surface area (Å²) in [7, 11) is 1.99. The largest absolute Gasteiger partial charge is 0.339 e. The smallest absolute Gasteiger partial charge is 0.227 e. The number of halogens is 2. The molecule has 5 nitrogen and oxygen atoms in total. The number of hydrogen-bond donors (Lipinski definition) is 0. The molecule has 1 saturated heterocycles. The van der Waals surface area contributed by atoms with E-state index in [9.17, 15) is 4.79 Å². The van der Waals surface area contributed by atoms with Crippen LogP contribution in [-0.4, -0.2) is 46.5 Å². The molecule has 3 rings (SSSR count). The molecule has 23 heavy (non-hydrogen) atoms. The SMILES string of the molecule is Cl.Cn1ccnc1N1CCN(C(=O)Cc2ccc(Cl)cc2)CC1. The van der Waals surface area contributed by atoms with Gasteiger partial charge in [-0.15, -0.1) is 12.4 Å². The van der Waals surface area contributed by atoms with E-state index in [0.29, 0.717) is 11.4 Å². The van der Waals surface area contributed by atoms with Gasteiger partial charge in [0.25, 0.3) is 0 Å². The number of anilines is 1. The van der Waals surface area contributed by atoms with Gasteiger partial charge in [0.2, 0.25) is 11.9 Å². The molecule has 1 amide bonds. The minimum Gasteiger partial charge on any atom is -0.339 e. The highest BCUT2D eigenvalue weighted by Crippen LogP contribution is 2.15. The molecule has 0 saturated carbocycles. The third-order valence-corrected chi connectivity index (χ3v) is 4.23. The minimum atomic E-state index is 0. The fourth-order valence-corrected chi connectivity index (χ4v) is 2.83. The van der Waals surface area contributed by atoms with Crippen molar-refractivity contribution < 1.29 is 4.79 Å². The molecule has 0 spiro atoms. The molecular formula is C16H20Cl2N4O. The van der Waals surface area contributed by atoms with Crippen molar-refractivity contribution in [1.29, 1.82) is 0 Å². The molecule has 1 aliphatic heterocycles. The van der Waals surface area contributed by atoms with Gasteiger partial charge in [-0.05, 0) is 17.7 Å². The number of rotatable bonds is 3. The molecule has 0 N–H and O–H groups in total. The van der Waals surface area contributed by atoms with Crippen LogP contribution in [0.15, 0.2) is 36.7 Å². The second-order valence-corrected chi connectivity index (χ2v) is 5.95. The van der Waals surface area contributed by atoms with Crippen molar-refractivity contribution in [3.8, 4) is 0 Å². The average molecular weight is 355 g/mol. The summed E-state index contributed by atoms with van der Waals surface area (Å²) in [5.41, 5.74) is 1.00. The zero-order chi connectivity index (χ0) is 15.5. The third kappa shape index (κ3) is 4.18. The molecule has 0 unspecified atom stereocenters. The summed E-state index contributed by atoms with van der Waals surface area (Å²) in [5, 5.41) is 0.694.